The van der Waals surface area contributed by atoms with Gasteiger partial charge >= 0.3 is 0 Å². The lowest BCUT2D eigenvalue weighted by Gasteiger charge is -2.11. The molecule has 0 aliphatic rings. The second-order valence-electron chi connectivity index (χ2n) is 6.25. The zero-order valence-electron chi connectivity index (χ0n) is 14.5. The third-order valence-corrected chi connectivity index (χ3v) is 5.32. The van der Waals surface area contributed by atoms with Crippen molar-refractivity contribution in [1.29, 1.82) is 0 Å². The van der Waals surface area contributed by atoms with E-state index in [1.54, 1.807) is 0 Å². The predicted molar refractivity (Wildman–Crippen MR) is 110 cm³/mol. The van der Waals surface area contributed by atoms with Gasteiger partial charge in [-0.25, -0.2) is 4.98 Å². The number of hydrogen-bond acceptors (Lipinski definition) is 4. The SMILES string of the molecule is CC(C)Sc1ccc(Oc2ccc3cc(C(C)N)ccc3n2)c(Br)c1. The van der Waals surface area contributed by atoms with E-state index in [1.165, 1.54) is 4.90 Å². The fraction of sp³-hybridized carbons (Fsp3) is 0.250. The van der Waals surface area contributed by atoms with E-state index in [4.69, 9.17) is 10.5 Å². The van der Waals surface area contributed by atoms with E-state index >= 15 is 0 Å². The van der Waals surface area contributed by atoms with Crippen LogP contribution in [0.25, 0.3) is 10.9 Å². The summed E-state index contributed by atoms with van der Waals surface area (Å²) in [7, 11) is 0. The molecule has 0 bridgehead atoms. The molecule has 0 aliphatic carbocycles. The molecular formula is C20H21BrN2OS. The Labute approximate surface area is 161 Å². The van der Waals surface area contributed by atoms with Crippen LogP contribution in [0.1, 0.15) is 32.4 Å². The van der Waals surface area contributed by atoms with Gasteiger partial charge < -0.3 is 10.5 Å². The molecule has 1 atom stereocenters. The normalized spacial score (nSPS) is 12.6. The summed E-state index contributed by atoms with van der Waals surface area (Å²) in [6.45, 7) is 6.34. The van der Waals surface area contributed by atoms with Crippen LogP contribution in [0.5, 0.6) is 11.6 Å². The molecule has 0 radical (unpaired) electrons. The number of halogens is 1. The summed E-state index contributed by atoms with van der Waals surface area (Å²) in [6, 6.07) is 16.1. The van der Waals surface area contributed by atoms with Crippen molar-refractivity contribution in [2.24, 2.45) is 5.73 Å². The van der Waals surface area contributed by atoms with Crippen LogP contribution in [0, 0.1) is 0 Å². The van der Waals surface area contributed by atoms with Crippen LogP contribution in [0.2, 0.25) is 0 Å². The average Bonchev–Trinajstić information content (AvgIpc) is 2.56. The maximum absolute atomic E-state index is 5.96. The minimum atomic E-state index is 0.0125. The highest BCUT2D eigenvalue weighted by molar-refractivity contribution is 9.10. The maximum atomic E-state index is 5.96. The number of aromatic nitrogens is 1. The van der Waals surface area contributed by atoms with Crippen LogP contribution in [0.15, 0.2) is 57.9 Å². The number of ether oxygens (including phenoxy) is 1. The van der Waals surface area contributed by atoms with Gasteiger partial charge in [-0.1, -0.05) is 19.9 Å². The lowest BCUT2D eigenvalue weighted by Crippen LogP contribution is -2.04. The van der Waals surface area contributed by atoms with Crippen molar-refractivity contribution in [2.45, 2.75) is 37.0 Å². The zero-order valence-corrected chi connectivity index (χ0v) is 16.9. The highest BCUT2D eigenvalue weighted by Crippen LogP contribution is 2.34. The summed E-state index contributed by atoms with van der Waals surface area (Å²) in [5.74, 6) is 1.33. The van der Waals surface area contributed by atoms with Crippen molar-refractivity contribution in [1.82, 2.24) is 4.98 Å². The fourth-order valence-electron chi connectivity index (χ4n) is 2.49. The molecule has 3 rings (SSSR count). The van der Waals surface area contributed by atoms with E-state index < -0.39 is 0 Å². The van der Waals surface area contributed by atoms with E-state index in [-0.39, 0.29) is 6.04 Å². The molecule has 0 aliphatic heterocycles. The largest absolute Gasteiger partial charge is 0.438 e. The van der Waals surface area contributed by atoms with E-state index in [1.807, 2.05) is 49.0 Å². The first kappa shape index (κ1) is 18.2. The van der Waals surface area contributed by atoms with Crippen molar-refractivity contribution < 1.29 is 4.74 Å². The molecule has 3 aromatic rings. The second kappa shape index (κ2) is 7.77. The number of thioether (sulfide) groups is 1. The first-order chi connectivity index (χ1) is 11.9. The minimum absolute atomic E-state index is 0.0125. The highest BCUT2D eigenvalue weighted by Gasteiger charge is 2.08. The molecule has 0 fully saturated rings. The van der Waals surface area contributed by atoms with Gasteiger partial charge in [-0.3, -0.25) is 0 Å². The average molecular weight is 417 g/mol. The molecule has 0 spiro atoms. The van der Waals surface area contributed by atoms with Gasteiger partial charge in [-0.15, -0.1) is 11.8 Å². The molecule has 1 heterocycles. The Morgan fingerprint density at radius 1 is 1.04 bits per heavy atom. The Balaban J connectivity index is 1.84. The van der Waals surface area contributed by atoms with Crippen LogP contribution in [0.4, 0.5) is 0 Å². The van der Waals surface area contributed by atoms with Gasteiger partial charge in [0.2, 0.25) is 5.88 Å². The summed E-state index contributed by atoms with van der Waals surface area (Å²) in [6.07, 6.45) is 0. The third-order valence-electron chi connectivity index (χ3n) is 3.70. The van der Waals surface area contributed by atoms with Gasteiger partial charge in [0.1, 0.15) is 5.75 Å². The zero-order chi connectivity index (χ0) is 18.0. The molecule has 1 unspecified atom stereocenters. The number of fused-ring (bicyclic) bond motifs is 1. The summed E-state index contributed by atoms with van der Waals surface area (Å²) in [5, 5.41) is 1.60. The number of nitrogens with two attached hydrogens (primary N) is 1. The number of pyridine rings is 1. The van der Waals surface area contributed by atoms with E-state index in [9.17, 15) is 0 Å². The monoisotopic (exact) mass is 416 g/mol. The highest BCUT2D eigenvalue weighted by atomic mass is 79.9. The Bertz CT molecular complexity index is 896. The molecule has 0 saturated heterocycles. The molecule has 0 saturated carbocycles. The van der Waals surface area contributed by atoms with Gasteiger partial charge in [0.05, 0.1) is 9.99 Å². The van der Waals surface area contributed by atoms with Crippen LogP contribution >= 0.6 is 27.7 Å². The molecule has 130 valence electrons. The standard InChI is InChI=1S/C20H21BrN2OS/c1-12(2)25-16-6-8-19(17(21)11-16)24-20-9-5-15-10-14(13(3)22)4-7-18(15)23-20/h4-13H,22H2,1-3H3. The van der Waals surface area contributed by atoms with Gasteiger partial charge in [0, 0.05) is 27.6 Å². The lowest BCUT2D eigenvalue weighted by atomic mass is 10.1. The molecule has 3 nitrogen and oxygen atoms in total. The summed E-state index contributed by atoms with van der Waals surface area (Å²) in [5.41, 5.74) is 7.94. The van der Waals surface area contributed by atoms with Gasteiger partial charge in [-0.05, 0) is 64.8 Å². The maximum Gasteiger partial charge on any atom is 0.219 e. The number of benzene rings is 2. The van der Waals surface area contributed by atoms with Crippen LogP contribution < -0.4 is 10.5 Å². The van der Waals surface area contributed by atoms with E-state index in [2.05, 4.69) is 53.0 Å². The lowest BCUT2D eigenvalue weighted by molar-refractivity contribution is 0.462. The predicted octanol–water partition coefficient (Wildman–Crippen LogP) is 6.31. The Hall–Kier alpha value is -1.56. The van der Waals surface area contributed by atoms with Crippen molar-refractivity contribution in [3.05, 3.63) is 58.6 Å². The Morgan fingerprint density at radius 2 is 1.84 bits per heavy atom. The van der Waals surface area contributed by atoms with Gasteiger partial charge in [0.15, 0.2) is 0 Å². The Kier molecular flexibility index (Phi) is 5.67. The van der Waals surface area contributed by atoms with Crippen molar-refractivity contribution in [3.63, 3.8) is 0 Å². The fourth-order valence-corrected chi connectivity index (χ4v) is 3.98. The topological polar surface area (TPSA) is 48.1 Å². The molecule has 0 amide bonds. The smallest absolute Gasteiger partial charge is 0.219 e. The van der Waals surface area contributed by atoms with Gasteiger partial charge in [0.25, 0.3) is 0 Å². The molecule has 2 N–H and O–H groups in total. The summed E-state index contributed by atoms with van der Waals surface area (Å²) < 4.78 is 6.89. The molecule has 25 heavy (non-hydrogen) atoms. The number of rotatable bonds is 5. The minimum Gasteiger partial charge on any atom is -0.438 e. The van der Waals surface area contributed by atoms with Gasteiger partial charge in [-0.2, -0.15) is 0 Å². The first-order valence-electron chi connectivity index (χ1n) is 8.23. The summed E-state index contributed by atoms with van der Waals surface area (Å²) in [4.78, 5) is 5.81. The van der Waals surface area contributed by atoms with E-state index in [0.717, 1.165) is 26.7 Å². The van der Waals surface area contributed by atoms with E-state index in [0.29, 0.717) is 11.1 Å². The number of nitrogens with zero attached hydrogens (tertiary/aromatic N) is 1. The van der Waals surface area contributed by atoms with Crippen molar-refractivity contribution >= 4 is 38.6 Å². The molecular weight excluding hydrogens is 396 g/mol. The van der Waals surface area contributed by atoms with Crippen LogP contribution in [-0.4, -0.2) is 10.2 Å². The molecule has 2 aromatic carbocycles. The summed E-state index contributed by atoms with van der Waals surface area (Å²) >= 11 is 5.41. The quantitative estimate of drug-likeness (QED) is 0.494. The Morgan fingerprint density at radius 3 is 2.52 bits per heavy atom. The molecule has 1 aromatic heterocycles. The number of hydrogen-bond donors (Lipinski definition) is 1. The molecule has 5 heteroatoms. The third kappa shape index (κ3) is 4.54. The first-order valence-corrected chi connectivity index (χ1v) is 9.90. The van der Waals surface area contributed by atoms with Crippen molar-refractivity contribution in [3.8, 4) is 11.6 Å². The van der Waals surface area contributed by atoms with Crippen molar-refractivity contribution in [2.75, 3.05) is 0 Å². The van der Waals surface area contributed by atoms with Crippen LogP contribution in [-0.2, 0) is 0 Å². The second-order valence-corrected chi connectivity index (χ2v) is 8.76. The van der Waals surface area contributed by atoms with Crippen LogP contribution in [0.3, 0.4) is 0 Å².